The molecule has 2 aliphatic rings. The first-order valence-corrected chi connectivity index (χ1v) is 7.62. The van der Waals surface area contributed by atoms with E-state index in [-0.39, 0.29) is 17.5 Å². The Labute approximate surface area is 130 Å². The minimum Gasteiger partial charge on any atom is -0.290 e. The van der Waals surface area contributed by atoms with Gasteiger partial charge in [0.1, 0.15) is 0 Å². The van der Waals surface area contributed by atoms with Crippen molar-refractivity contribution < 1.29 is 9.59 Å². The first kappa shape index (κ1) is 12.7. The van der Waals surface area contributed by atoms with Gasteiger partial charge in [-0.05, 0) is 52.6 Å². The van der Waals surface area contributed by atoms with Gasteiger partial charge in [-0.3, -0.25) is 9.59 Å². The summed E-state index contributed by atoms with van der Waals surface area (Å²) in [6.07, 6.45) is 5.00. The zero-order valence-corrected chi connectivity index (χ0v) is 12.7. The van der Waals surface area contributed by atoms with E-state index < -0.39 is 0 Å². The van der Waals surface area contributed by atoms with E-state index in [0.717, 1.165) is 16.5 Å². The average Bonchev–Trinajstić information content (AvgIpc) is 2.85. The van der Waals surface area contributed by atoms with Crippen molar-refractivity contribution in [2.24, 2.45) is 0 Å². The maximum absolute atomic E-state index is 12.1. The normalized spacial score (nSPS) is 20.2. The van der Waals surface area contributed by atoms with Crippen molar-refractivity contribution in [1.82, 2.24) is 0 Å². The van der Waals surface area contributed by atoms with Crippen LogP contribution in [-0.2, 0) is 16.0 Å². The number of allylic oxidation sites excluding steroid dienone is 4. The predicted octanol–water partition coefficient (Wildman–Crippen LogP) is 3.88. The lowest BCUT2D eigenvalue weighted by Crippen LogP contribution is -2.14. The predicted molar refractivity (Wildman–Crippen MR) is 85.3 cm³/mol. The highest BCUT2D eigenvalue weighted by Gasteiger charge is 2.31. The van der Waals surface area contributed by atoms with Gasteiger partial charge in [0.25, 0.3) is 0 Å². The van der Waals surface area contributed by atoms with E-state index in [1.165, 1.54) is 34.6 Å². The average molecular weight is 339 g/mol. The number of hydrogen-bond acceptors (Lipinski definition) is 2. The fraction of sp³-hybridized carbons (Fsp3) is 0.111. The Morgan fingerprint density at radius 3 is 2.76 bits per heavy atom. The van der Waals surface area contributed by atoms with Crippen LogP contribution < -0.4 is 0 Å². The van der Waals surface area contributed by atoms with Crippen molar-refractivity contribution in [2.75, 3.05) is 0 Å². The number of carbonyl (C=O) groups is 2. The lowest BCUT2D eigenvalue weighted by molar-refractivity contribution is -0.114. The third kappa shape index (κ3) is 1.84. The van der Waals surface area contributed by atoms with Crippen LogP contribution in [-0.4, -0.2) is 11.6 Å². The summed E-state index contributed by atoms with van der Waals surface area (Å²) in [7, 11) is 0. The minimum absolute atomic E-state index is 0.0144. The summed E-state index contributed by atoms with van der Waals surface area (Å²) >= 11 is 3.58. The van der Waals surface area contributed by atoms with Crippen molar-refractivity contribution in [1.29, 1.82) is 0 Å². The van der Waals surface area contributed by atoms with Gasteiger partial charge in [0.15, 0.2) is 11.6 Å². The van der Waals surface area contributed by atoms with Crippen LogP contribution in [0.2, 0.25) is 0 Å². The summed E-state index contributed by atoms with van der Waals surface area (Å²) in [4.78, 5) is 23.8. The molecule has 0 amide bonds. The number of carbonyl (C=O) groups excluding carboxylic acids is 2. The van der Waals surface area contributed by atoms with Gasteiger partial charge in [0.2, 0.25) is 0 Å². The van der Waals surface area contributed by atoms with E-state index in [2.05, 4.69) is 34.1 Å². The largest absolute Gasteiger partial charge is 0.290 e. The van der Waals surface area contributed by atoms with Gasteiger partial charge in [0.05, 0.1) is 0 Å². The van der Waals surface area contributed by atoms with Gasteiger partial charge in [0, 0.05) is 16.0 Å². The Morgan fingerprint density at radius 1 is 1.05 bits per heavy atom. The third-order valence-electron chi connectivity index (χ3n) is 4.26. The van der Waals surface area contributed by atoms with Crippen molar-refractivity contribution in [2.45, 2.75) is 12.3 Å². The fourth-order valence-electron chi connectivity index (χ4n) is 3.34. The smallest absolute Gasteiger partial charge is 0.182 e. The van der Waals surface area contributed by atoms with Crippen molar-refractivity contribution in [3.05, 3.63) is 69.7 Å². The molecule has 0 N–H and O–H groups in total. The summed E-state index contributed by atoms with van der Waals surface area (Å²) in [5.41, 5.74) is 3.00. The van der Waals surface area contributed by atoms with E-state index in [4.69, 9.17) is 0 Å². The van der Waals surface area contributed by atoms with Crippen molar-refractivity contribution >= 4 is 38.3 Å². The molecule has 0 spiro atoms. The Balaban J connectivity index is 1.93. The van der Waals surface area contributed by atoms with Crippen LogP contribution in [0.4, 0.5) is 0 Å². The van der Waals surface area contributed by atoms with E-state index in [1.54, 1.807) is 0 Å². The van der Waals surface area contributed by atoms with Crippen molar-refractivity contribution in [3.63, 3.8) is 0 Å². The molecule has 2 aromatic carbocycles. The first-order chi connectivity index (χ1) is 10.1. The van der Waals surface area contributed by atoms with Crippen LogP contribution in [0.5, 0.6) is 0 Å². The second-order valence-corrected chi connectivity index (χ2v) is 6.29. The summed E-state index contributed by atoms with van der Waals surface area (Å²) in [6, 6.07) is 10.3. The second-order valence-electron chi connectivity index (χ2n) is 5.43. The molecule has 0 saturated heterocycles. The fourth-order valence-corrected chi connectivity index (χ4v) is 3.81. The van der Waals surface area contributed by atoms with Gasteiger partial charge in [-0.15, -0.1) is 0 Å². The molecule has 2 nitrogen and oxygen atoms in total. The van der Waals surface area contributed by atoms with Gasteiger partial charge >= 0.3 is 0 Å². The Kier molecular flexibility index (Phi) is 2.73. The Bertz CT molecular complexity index is 874. The molecule has 3 heteroatoms. The van der Waals surface area contributed by atoms with Crippen LogP contribution in [0.1, 0.15) is 17.0 Å². The van der Waals surface area contributed by atoms with E-state index >= 15 is 0 Å². The number of ketones is 2. The van der Waals surface area contributed by atoms with Gasteiger partial charge in [-0.1, -0.05) is 40.2 Å². The maximum Gasteiger partial charge on any atom is 0.182 e. The highest BCUT2D eigenvalue weighted by Crippen LogP contribution is 2.44. The molecule has 0 saturated carbocycles. The molecule has 2 aliphatic carbocycles. The second kappa shape index (κ2) is 4.50. The molecule has 0 fully saturated rings. The van der Waals surface area contributed by atoms with E-state index in [1.807, 2.05) is 12.1 Å². The van der Waals surface area contributed by atoms with Crippen LogP contribution in [0.3, 0.4) is 0 Å². The molecule has 1 unspecified atom stereocenters. The highest BCUT2D eigenvalue weighted by molar-refractivity contribution is 9.10. The van der Waals surface area contributed by atoms with Crippen LogP contribution in [0.25, 0.3) is 10.8 Å². The van der Waals surface area contributed by atoms with Gasteiger partial charge < -0.3 is 0 Å². The molecule has 102 valence electrons. The molecule has 4 rings (SSSR count). The molecule has 0 heterocycles. The molecule has 1 atom stereocenters. The SMILES string of the molecule is O=C1C=CC(=O)C(C2Cc3cccc4c(Br)ccc2c34)=C1. The summed E-state index contributed by atoms with van der Waals surface area (Å²) in [5.74, 6) is -0.170. The summed E-state index contributed by atoms with van der Waals surface area (Å²) < 4.78 is 1.06. The topological polar surface area (TPSA) is 34.1 Å². The lowest BCUT2D eigenvalue weighted by atomic mass is 9.86. The minimum atomic E-state index is -0.103. The molecule has 0 bridgehead atoms. The van der Waals surface area contributed by atoms with E-state index in [0.29, 0.717) is 5.57 Å². The zero-order valence-electron chi connectivity index (χ0n) is 11.1. The molecule has 0 radical (unpaired) electrons. The van der Waals surface area contributed by atoms with Gasteiger partial charge in [-0.25, -0.2) is 0 Å². The molecule has 0 aromatic heterocycles. The van der Waals surface area contributed by atoms with Crippen molar-refractivity contribution in [3.8, 4) is 0 Å². The number of rotatable bonds is 1. The first-order valence-electron chi connectivity index (χ1n) is 6.83. The van der Waals surface area contributed by atoms with E-state index in [9.17, 15) is 9.59 Å². The zero-order chi connectivity index (χ0) is 14.6. The van der Waals surface area contributed by atoms with Gasteiger partial charge in [-0.2, -0.15) is 0 Å². The molecule has 2 aromatic rings. The number of hydrogen-bond donors (Lipinski definition) is 0. The monoisotopic (exact) mass is 338 g/mol. The Morgan fingerprint density at radius 2 is 1.90 bits per heavy atom. The molecular weight excluding hydrogens is 328 g/mol. The maximum atomic E-state index is 12.1. The van der Waals surface area contributed by atoms with Crippen LogP contribution in [0, 0.1) is 0 Å². The third-order valence-corrected chi connectivity index (χ3v) is 4.95. The molecular formula is C18H11BrO2. The van der Waals surface area contributed by atoms with Crippen LogP contribution >= 0.6 is 15.9 Å². The molecule has 21 heavy (non-hydrogen) atoms. The molecule has 0 aliphatic heterocycles. The lowest BCUT2D eigenvalue weighted by Gasteiger charge is -2.16. The number of benzene rings is 2. The highest BCUT2D eigenvalue weighted by atomic mass is 79.9. The summed E-state index contributed by atoms with van der Waals surface area (Å²) in [6.45, 7) is 0. The van der Waals surface area contributed by atoms with Crippen LogP contribution in [0.15, 0.2) is 58.6 Å². The standard InChI is InChI=1S/C18H11BrO2/c19-16-6-5-12-14(15-9-11(20)4-7-17(15)21)8-10-2-1-3-13(16)18(10)12/h1-7,9,14H,8H2. The quantitative estimate of drug-likeness (QED) is 0.739. The Hall–Kier alpha value is -2.00. The number of halogens is 1. The summed E-state index contributed by atoms with van der Waals surface area (Å²) in [5, 5.41) is 2.38.